The Morgan fingerprint density at radius 1 is 0.433 bits per heavy atom. The highest BCUT2D eigenvalue weighted by Gasteiger charge is 2.19. The number of benzene rings is 8. The van der Waals surface area contributed by atoms with Gasteiger partial charge in [-0.3, -0.25) is 0 Å². The summed E-state index contributed by atoms with van der Waals surface area (Å²) in [7, 11) is 0.765. The number of hydrogen-bond acceptors (Lipinski definition) is 2. The van der Waals surface area contributed by atoms with Crippen LogP contribution in [0.15, 0.2) is 251 Å². The van der Waals surface area contributed by atoms with E-state index in [9.17, 15) is 0 Å². The van der Waals surface area contributed by atoms with Gasteiger partial charge >= 0.3 is 0 Å². The SMILES string of the molecule is C1=CC2=N\C(c3cccc(-c4cccc5c4oc4ccc(-n6c7ccccc7c7cc(-c8ccc9c(c8)c8ccccc8n9-c8ccccc8)ccc76)cc45)c3)=C/C=C\C=C/C=C/C=C2CP1. The summed E-state index contributed by atoms with van der Waals surface area (Å²) in [4.78, 5) is 5.25. The van der Waals surface area contributed by atoms with Gasteiger partial charge in [-0.2, -0.15) is 0 Å². The van der Waals surface area contributed by atoms with Crippen LogP contribution < -0.4 is 0 Å². The van der Waals surface area contributed by atoms with Crippen LogP contribution in [-0.2, 0) is 0 Å². The molecule has 0 spiro atoms. The Kier molecular flexibility index (Phi) is 9.51. The van der Waals surface area contributed by atoms with Crippen LogP contribution in [0.5, 0.6) is 0 Å². The lowest BCUT2D eigenvalue weighted by Gasteiger charge is -2.13. The molecule has 1 atom stereocenters. The van der Waals surface area contributed by atoms with Crippen molar-refractivity contribution in [3.8, 4) is 33.6 Å². The highest BCUT2D eigenvalue weighted by atomic mass is 31.1. The minimum Gasteiger partial charge on any atom is -0.455 e. The Balaban J connectivity index is 0.898. The summed E-state index contributed by atoms with van der Waals surface area (Å²) in [6.07, 6.45) is 19.9. The van der Waals surface area contributed by atoms with Gasteiger partial charge in [-0.25, -0.2) is 4.99 Å². The molecule has 1 unspecified atom stereocenters. The highest BCUT2D eigenvalue weighted by molar-refractivity contribution is 7.42. The maximum Gasteiger partial charge on any atom is 0.143 e. The summed E-state index contributed by atoms with van der Waals surface area (Å²) < 4.78 is 11.6. The summed E-state index contributed by atoms with van der Waals surface area (Å²) in [6.45, 7) is 0. The van der Waals surface area contributed by atoms with Crippen LogP contribution >= 0.6 is 8.58 Å². The summed E-state index contributed by atoms with van der Waals surface area (Å²) >= 11 is 0. The van der Waals surface area contributed by atoms with Gasteiger partial charge in [0.25, 0.3) is 0 Å². The predicted molar refractivity (Wildman–Crippen MR) is 287 cm³/mol. The Morgan fingerprint density at radius 2 is 1.06 bits per heavy atom. The summed E-state index contributed by atoms with van der Waals surface area (Å²) in [5, 5.41) is 7.11. The van der Waals surface area contributed by atoms with E-state index in [0.717, 1.165) is 81.7 Å². The molecule has 5 heterocycles. The molecule has 2 aliphatic heterocycles. The molecule has 2 aliphatic rings. The van der Waals surface area contributed by atoms with Crippen LogP contribution in [0.4, 0.5) is 0 Å². The fourth-order valence-electron chi connectivity index (χ4n) is 10.1. The fourth-order valence-corrected chi connectivity index (χ4v) is 11.0. The van der Waals surface area contributed by atoms with Crippen LogP contribution in [0.3, 0.4) is 0 Å². The van der Waals surface area contributed by atoms with E-state index in [1.807, 2.05) is 12.2 Å². The van der Waals surface area contributed by atoms with Crippen LogP contribution in [-0.4, -0.2) is 21.0 Å². The second-order valence-electron chi connectivity index (χ2n) is 17.2. The van der Waals surface area contributed by atoms with Gasteiger partial charge in [0.15, 0.2) is 0 Å². The molecule has 0 radical (unpaired) electrons. The molecule has 0 bridgehead atoms. The molecule has 5 heteroatoms. The van der Waals surface area contributed by atoms with Crippen LogP contribution in [0.1, 0.15) is 5.56 Å². The lowest BCUT2D eigenvalue weighted by atomic mass is 9.99. The van der Waals surface area contributed by atoms with Gasteiger partial charge in [-0.1, -0.05) is 160 Å². The number of furan rings is 1. The van der Waals surface area contributed by atoms with Gasteiger partial charge in [0, 0.05) is 54.8 Å². The molecule has 0 aliphatic carbocycles. The van der Waals surface area contributed by atoms with E-state index in [4.69, 9.17) is 9.41 Å². The molecule has 0 saturated heterocycles. The maximum atomic E-state index is 6.79. The summed E-state index contributed by atoms with van der Waals surface area (Å²) in [5.41, 5.74) is 17.5. The van der Waals surface area contributed by atoms with Gasteiger partial charge in [0.05, 0.1) is 33.5 Å². The molecular formula is C62H42N3OP. The smallest absolute Gasteiger partial charge is 0.143 e. The zero-order chi connectivity index (χ0) is 44.3. The van der Waals surface area contributed by atoms with E-state index in [2.05, 4.69) is 233 Å². The van der Waals surface area contributed by atoms with Gasteiger partial charge < -0.3 is 13.6 Å². The van der Waals surface area contributed by atoms with Crippen molar-refractivity contribution in [1.82, 2.24) is 9.13 Å². The average molecular weight is 876 g/mol. The van der Waals surface area contributed by atoms with E-state index in [0.29, 0.717) is 0 Å². The molecule has 13 rings (SSSR count). The molecule has 11 aromatic rings. The van der Waals surface area contributed by atoms with Crippen LogP contribution in [0, 0.1) is 0 Å². The van der Waals surface area contributed by atoms with Gasteiger partial charge in [0.2, 0.25) is 0 Å². The van der Waals surface area contributed by atoms with E-state index < -0.39 is 0 Å². The first-order valence-corrected chi connectivity index (χ1v) is 24.1. The van der Waals surface area contributed by atoms with Crippen molar-refractivity contribution in [3.63, 3.8) is 0 Å². The normalized spacial score (nSPS) is 16.7. The second-order valence-corrected chi connectivity index (χ2v) is 18.3. The third-order valence-corrected chi connectivity index (χ3v) is 14.2. The molecular weight excluding hydrogens is 834 g/mol. The van der Waals surface area contributed by atoms with E-state index in [1.165, 1.54) is 54.8 Å². The minimum atomic E-state index is 0.765. The second kappa shape index (κ2) is 16.3. The van der Waals surface area contributed by atoms with Crippen molar-refractivity contribution < 1.29 is 4.42 Å². The Hall–Kier alpha value is -8.30. The predicted octanol–water partition coefficient (Wildman–Crippen LogP) is 16.7. The standard InChI is InChI=1S/C62H42N3OP/c1-2-4-9-25-55(63-56-34-35-67-40-45(56)16-6-3-1)44-18-14-17-43(36-44)48-23-15-24-51-54-39-47(30-33-61(54)66-62(48)51)65-58-27-13-11-22-50(58)53-38-42(29-32-60(53)65)41-28-31-59-52(37-41)49-21-10-12-26-57(49)64(59)46-19-7-5-8-20-46/h1-39,67H,40H2/b2-1-,3-1?,4-2?,6-3+,9-4-,16-6?,25-9?,45-16?,55-25-,63-55?,63-56?. The zero-order valence-corrected chi connectivity index (χ0v) is 37.5. The average Bonchev–Trinajstić information content (AvgIpc) is 4.04. The largest absolute Gasteiger partial charge is 0.455 e. The lowest BCUT2D eigenvalue weighted by molar-refractivity contribution is 0.670. The maximum absolute atomic E-state index is 6.79. The van der Waals surface area contributed by atoms with Crippen molar-refractivity contribution in [1.29, 1.82) is 0 Å². The Bertz CT molecular complexity index is 4030. The quantitative estimate of drug-likeness (QED) is 0.159. The van der Waals surface area contributed by atoms with E-state index in [-0.39, 0.29) is 0 Å². The Labute approximate surface area is 389 Å². The van der Waals surface area contributed by atoms with Gasteiger partial charge in [-0.15, -0.1) is 0 Å². The van der Waals surface area contributed by atoms with E-state index in [1.54, 1.807) is 0 Å². The number of fused-ring (bicyclic) bond motifs is 10. The van der Waals surface area contributed by atoms with Gasteiger partial charge in [0.1, 0.15) is 11.2 Å². The molecule has 8 aromatic carbocycles. The highest BCUT2D eigenvalue weighted by Crippen LogP contribution is 2.41. The molecule has 316 valence electrons. The topological polar surface area (TPSA) is 35.4 Å². The van der Waals surface area contributed by atoms with Crippen molar-refractivity contribution in [2.45, 2.75) is 0 Å². The number of aliphatic imine (C=N–C) groups is 1. The van der Waals surface area contributed by atoms with Crippen molar-refractivity contribution in [2.24, 2.45) is 4.99 Å². The number of aromatic nitrogens is 2. The van der Waals surface area contributed by atoms with Crippen molar-refractivity contribution in [3.05, 3.63) is 248 Å². The monoisotopic (exact) mass is 875 g/mol. The number of allylic oxidation sites excluding steroid dienone is 10. The third kappa shape index (κ3) is 6.76. The lowest BCUT2D eigenvalue weighted by Crippen LogP contribution is -2.05. The number of rotatable bonds is 5. The van der Waals surface area contributed by atoms with Gasteiger partial charge in [-0.05, 0) is 113 Å². The van der Waals surface area contributed by atoms with Crippen LogP contribution in [0.2, 0.25) is 0 Å². The van der Waals surface area contributed by atoms with Crippen LogP contribution in [0.25, 0.3) is 105 Å². The zero-order valence-electron chi connectivity index (χ0n) is 36.5. The summed E-state index contributed by atoms with van der Waals surface area (Å²) in [6, 6.07) is 63.8. The fraction of sp³-hybridized carbons (Fsp3) is 0.0161. The molecule has 0 fully saturated rings. The molecule has 0 saturated carbocycles. The third-order valence-electron chi connectivity index (χ3n) is 13.2. The van der Waals surface area contributed by atoms with Crippen molar-refractivity contribution in [2.75, 3.05) is 6.16 Å². The minimum absolute atomic E-state index is 0.765. The van der Waals surface area contributed by atoms with Crippen molar-refractivity contribution >= 4 is 85.5 Å². The molecule has 0 amide bonds. The first-order chi connectivity index (χ1) is 33.2. The molecule has 0 N–H and O–H groups in total. The first-order valence-electron chi connectivity index (χ1n) is 22.8. The first kappa shape index (κ1) is 39.1. The summed E-state index contributed by atoms with van der Waals surface area (Å²) in [5.74, 6) is 2.25. The molecule has 3 aromatic heterocycles. The molecule has 4 nitrogen and oxygen atoms in total. The van der Waals surface area contributed by atoms with E-state index >= 15 is 0 Å². The Morgan fingerprint density at radius 3 is 1.82 bits per heavy atom. The number of nitrogens with zero attached hydrogens (tertiary/aromatic N) is 3. The number of hydrogen-bond donors (Lipinski definition) is 0. The number of para-hydroxylation sites is 4. The molecule has 67 heavy (non-hydrogen) atoms.